The number of hydrogen-bond donors (Lipinski definition) is 0. The van der Waals surface area contributed by atoms with Crippen LogP contribution in [0.3, 0.4) is 0 Å². The van der Waals surface area contributed by atoms with Crippen molar-refractivity contribution >= 4 is 11.8 Å². The van der Waals surface area contributed by atoms with Crippen molar-refractivity contribution in [2.75, 3.05) is 6.61 Å². The average molecular weight is 156 g/mol. The number of rotatable bonds is 2. The molecule has 0 aromatic carbocycles. The number of Topliss-reactive ketones (excluding diaryl/α,β-unsaturated/α-hetero) is 1. The van der Waals surface area contributed by atoms with Gasteiger partial charge in [0.1, 0.15) is 5.78 Å². The zero-order valence-electron chi connectivity index (χ0n) is 6.63. The maximum atomic E-state index is 11.0. The molecular formula is C8H12O3. The molecular weight excluding hydrogens is 144 g/mol. The summed E-state index contributed by atoms with van der Waals surface area (Å²) in [6, 6.07) is 0. The predicted molar refractivity (Wildman–Crippen MR) is 39.0 cm³/mol. The third-order valence-corrected chi connectivity index (χ3v) is 1.87. The van der Waals surface area contributed by atoms with E-state index in [9.17, 15) is 9.59 Å². The van der Waals surface area contributed by atoms with E-state index in [-0.39, 0.29) is 17.7 Å². The van der Waals surface area contributed by atoms with Gasteiger partial charge < -0.3 is 4.74 Å². The summed E-state index contributed by atoms with van der Waals surface area (Å²) >= 11 is 0. The SMILES string of the molecule is CCOC(=O)[C@H]1CCC(=O)C1. The van der Waals surface area contributed by atoms with Crippen LogP contribution < -0.4 is 0 Å². The first-order chi connectivity index (χ1) is 5.24. The van der Waals surface area contributed by atoms with Crippen molar-refractivity contribution in [2.24, 2.45) is 5.92 Å². The average Bonchev–Trinajstić information content (AvgIpc) is 2.36. The van der Waals surface area contributed by atoms with Crippen LogP contribution in [0.15, 0.2) is 0 Å². The molecule has 3 heteroatoms. The molecule has 0 aromatic heterocycles. The van der Waals surface area contributed by atoms with Gasteiger partial charge in [0, 0.05) is 12.8 Å². The van der Waals surface area contributed by atoms with Gasteiger partial charge in [-0.25, -0.2) is 0 Å². The molecule has 1 aliphatic rings. The molecule has 0 amide bonds. The minimum Gasteiger partial charge on any atom is -0.466 e. The summed E-state index contributed by atoms with van der Waals surface area (Å²) in [6.07, 6.45) is 1.61. The van der Waals surface area contributed by atoms with Crippen molar-refractivity contribution in [3.8, 4) is 0 Å². The van der Waals surface area contributed by atoms with Gasteiger partial charge in [0.15, 0.2) is 0 Å². The Balaban J connectivity index is 2.37. The van der Waals surface area contributed by atoms with Crippen molar-refractivity contribution in [3.05, 3.63) is 0 Å². The number of hydrogen-bond acceptors (Lipinski definition) is 3. The molecule has 1 rings (SSSR count). The van der Waals surface area contributed by atoms with E-state index in [1.54, 1.807) is 6.92 Å². The van der Waals surface area contributed by atoms with Gasteiger partial charge in [0.25, 0.3) is 0 Å². The summed E-state index contributed by atoms with van der Waals surface area (Å²) in [5, 5.41) is 0. The summed E-state index contributed by atoms with van der Waals surface area (Å²) in [7, 11) is 0. The normalized spacial score (nSPS) is 23.7. The molecule has 1 atom stereocenters. The molecule has 62 valence electrons. The van der Waals surface area contributed by atoms with Gasteiger partial charge in [-0.05, 0) is 13.3 Å². The Morgan fingerprint density at radius 2 is 2.45 bits per heavy atom. The van der Waals surface area contributed by atoms with Gasteiger partial charge in [-0.3, -0.25) is 9.59 Å². The van der Waals surface area contributed by atoms with Crippen LogP contribution >= 0.6 is 0 Å². The van der Waals surface area contributed by atoms with Crippen LogP contribution in [0.25, 0.3) is 0 Å². The topological polar surface area (TPSA) is 43.4 Å². The Bertz CT molecular complexity index is 174. The first-order valence-electron chi connectivity index (χ1n) is 3.92. The fourth-order valence-corrected chi connectivity index (χ4v) is 1.28. The van der Waals surface area contributed by atoms with E-state index in [0.717, 1.165) is 0 Å². The van der Waals surface area contributed by atoms with E-state index in [0.29, 0.717) is 25.9 Å². The molecule has 3 nitrogen and oxygen atoms in total. The smallest absolute Gasteiger partial charge is 0.309 e. The highest BCUT2D eigenvalue weighted by Gasteiger charge is 2.28. The summed E-state index contributed by atoms with van der Waals surface area (Å²) in [6.45, 7) is 2.18. The summed E-state index contributed by atoms with van der Waals surface area (Å²) in [4.78, 5) is 21.8. The molecule has 0 spiro atoms. The lowest BCUT2D eigenvalue weighted by Gasteiger charge is -2.05. The lowest BCUT2D eigenvalue weighted by molar-refractivity contribution is -0.148. The predicted octanol–water partition coefficient (Wildman–Crippen LogP) is 0.919. The van der Waals surface area contributed by atoms with Crippen molar-refractivity contribution in [1.82, 2.24) is 0 Å². The molecule has 1 saturated carbocycles. The van der Waals surface area contributed by atoms with Crippen LogP contribution in [0.1, 0.15) is 26.2 Å². The Kier molecular flexibility index (Phi) is 2.63. The fraction of sp³-hybridized carbons (Fsp3) is 0.750. The fourth-order valence-electron chi connectivity index (χ4n) is 1.28. The van der Waals surface area contributed by atoms with Crippen LogP contribution in [0.4, 0.5) is 0 Å². The zero-order valence-corrected chi connectivity index (χ0v) is 6.63. The lowest BCUT2D eigenvalue weighted by atomic mass is 10.1. The number of esters is 1. The molecule has 0 N–H and O–H groups in total. The highest BCUT2D eigenvalue weighted by Crippen LogP contribution is 2.22. The van der Waals surface area contributed by atoms with Gasteiger partial charge in [-0.1, -0.05) is 0 Å². The molecule has 0 aromatic rings. The standard InChI is InChI=1S/C8H12O3/c1-2-11-8(10)6-3-4-7(9)5-6/h6H,2-5H2,1H3/t6-/m0/s1. The second-order valence-electron chi connectivity index (χ2n) is 2.73. The first-order valence-corrected chi connectivity index (χ1v) is 3.92. The van der Waals surface area contributed by atoms with Crippen LogP contribution in [-0.4, -0.2) is 18.4 Å². The maximum Gasteiger partial charge on any atom is 0.309 e. The Morgan fingerprint density at radius 1 is 1.73 bits per heavy atom. The van der Waals surface area contributed by atoms with E-state index in [1.807, 2.05) is 0 Å². The highest BCUT2D eigenvalue weighted by molar-refractivity contribution is 5.87. The van der Waals surface area contributed by atoms with Gasteiger partial charge in [-0.15, -0.1) is 0 Å². The minimum atomic E-state index is -0.210. The van der Waals surface area contributed by atoms with E-state index in [2.05, 4.69) is 0 Å². The van der Waals surface area contributed by atoms with Crippen LogP contribution in [0.5, 0.6) is 0 Å². The van der Waals surface area contributed by atoms with Gasteiger partial charge in [0.2, 0.25) is 0 Å². The summed E-state index contributed by atoms with van der Waals surface area (Å²) in [5.74, 6) is -0.177. The van der Waals surface area contributed by atoms with Gasteiger partial charge >= 0.3 is 5.97 Å². The molecule has 0 aliphatic heterocycles. The molecule has 11 heavy (non-hydrogen) atoms. The maximum absolute atomic E-state index is 11.0. The van der Waals surface area contributed by atoms with Crippen molar-refractivity contribution in [2.45, 2.75) is 26.2 Å². The van der Waals surface area contributed by atoms with Gasteiger partial charge in [0.05, 0.1) is 12.5 Å². The third kappa shape index (κ3) is 2.03. The molecule has 0 radical (unpaired) electrons. The van der Waals surface area contributed by atoms with Crippen LogP contribution in [0.2, 0.25) is 0 Å². The summed E-state index contributed by atoms with van der Waals surface area (Å²) < 4.78 is 4.78. The van der Waals surface area contributed by atoms with Crippen LogP contribution in [-0.2, 0) is 14.3 Å². The van der Waals surface area contributed by atoms with Crippen LogP contribution in [0, 0.1) is 5.92 Å². The number of ketones is 1. The Morgan fingerprint density at radius 3 is 2.91 bits per heavy atom. The second kappa shape index (κ2) is 3.51. The Hall–Kier alpha value is -0.860. The van der Waals surface area contributed by atoms with E-state index >= 15 is 0 Å². The molecule has 0 saturated heterocycles. The number of carbonyl (C=O) groups excluding carboxylic acids is 2. The first kappa shape index (κ1) is 8.24. The van der Waals surface area contributed by atoms with Crippen molar-refractivity contribution < 1.29 is 14.3 Å². The van der Waals surface area contributed by atoms with E-state index in [4.69, 9.17) is 4.74 Å². The molecule has 0 heterocycles. The molecule has 0 bridgehead atoms. The van der Waals surface area contributed by atoms with Crippen molar-refractivity contribution in [1.29, 1.82) is 0 Å². The lowest BCUT2D eigenvalue weighted by Crippen LogP contribution is -2.14. The molecule has 1 aliphatic carbocycles. The minimum absolute atomic E-state index is 0.151. The van der Waals surface area contributed by atoms with E-state index < -0.39 is 0 Å². The highest BCUT2D eigenvalue weighted by atomic mass is 16.5. The van der Waals surface area contributed by atoms with E-state index in [1.165, 1.54) is 0 Å². The van der Waals surface area contributed by atoms with Crippen molar-refractivity contribution in [3.63, 3.8) is 0 Å². The quantitative estimate of drug-likeness (QED) is 0.558. The molecule has 0 unspecified atom stereocenters. The monoisotopic (exact) mass is 156 g/mol. The zero-order chi connectivity index (χ0) is 8.27. The number of ether oxygens (including phenoxy) is 1. The molecule has 1 fully saturated rings. The second-order valence-corrected chi connectivity index (χ2v) is 2.73. The summed E-state index contributed by atoms with van der Waals surface area (Å²) in [5.41, 5.74) is 0. The Labute approximate surface area is 65.7 Å². The third-order valence-electron chi connectivity index (χ3n) is 1.87. The number of carbonyl (C=O) groups is 2. The van der Waals surface area contributed by atoms with Gasteiger partial charge in [-0.2, -0.15) is 0 Å². The largest absolute Gasteiger partial charge is 0.466 e.